The average Bonchev–Trinajstić information content (AvgIpc) is 3.53. The smallest absolute Gasteiger partial charge is 0.246 e. The first-order valence-electron chi connectivity index (χ1n) is 10.4. The standard InChI is InChI=1S/C23H21N7OS/c1-3-19-27-17-11-14(6-8-18(17)32-19)5-7-16-21-22(24)25-13-26-23(21)30(28-16)15-9-10-29(12-15)20(31)4-2/h4,6,8,11,13,15H,2-3,9-10,12H2,1H3,(H2,24,25,26). The fraction of sp³-hybridized carbons (Fsp3) is 0.261. The van der Waals surface area contributed by atoms with Crippen molar-refractivity contribution in [3.8, 4) is 11.8 Å². The number of nitrogen functional groups attached to an aromatic ring is 1. The Labute approximate surface area is 188 Å². The molecule has 2 N–H and O–H groups in total. The number of benzene rings is 1. The number of aryl methyl sites for hydroxylation is 1. The van der Waals surface area contributed by atoms with Crippen molar-refractivity contribution in [2.75, 3.05) is 18.8 Å². The molecule has 0 aliphatic carbocycles. The minimum Gasteiger partial charge on any atom is -0.383 e. The Morgan fingerprint density at radius 3 is 3.06 bits per heavy atom. The number of hydrogen-bond donors (Lipinski definition) is 1. The molecule has 8 nitrogen and oxygen atoms in total. The molecule has 1 atom stereocenters. The van der Waals surface area contributed by atoms with Crippen molar-refractivity contribution in [1.82, 2.24) is 29.6 Å². The molecule has 4 aromatic rings. The molecule has 1 saturated heterocycles. The summed E-state index contributed by atoms with van der Waals surface area (Å²) in [4.78, 5) is 26.9. The highest BCUT2D eigenvalue weighted by atomic mass is 32.1. The molecule has 0 saturated carbocycles. The minimum absolute atomic E-state index is 0.00919. The van der Waals surface area contributed by atoms with Gasteiger partial charge in [0.2, 0.25) is 5.91 Å². The van der Waals surface area contributed by atoms with Gasteiger partial charge < -0.3 is 10.6 Å². The van der Waals surface area contributed by atoms with Gasteiger partial charge in [-0.05, 0) is 43.0 Å². The van der Waals surface area contributed by atoms with Gasteiger partial charge in [0.25, 0.3) is 0 Å². The van der Waals surface area contributed by atoms with Gasteiger partial charge in [-0.25, -0.2) is 19.6 Å². The Bertz CT molecular complexity index is 1420. The van der Waals surface area contributed by atoms with E-state index in [1.54, 1.807) is 16.2 Å². The SMILES string of the molecule is C=CC(=O)N1CCC(n2nc(C#Cc3ccc4sc(CC)nc4c3)c3c(N)ncnc32)C1. The van der Waals surface area contributed by atoms with Crippen LogP contribution in [0.4, 0.5) is 5.82 Å². The lowest BCUT2D eigenvalue weighted by Crippen LogP contribution is -2.27. The number of carbonyl (C=O) groups excluding carboxylic acids is 1. The molecule has 3 aromatic heterocycles. The van der Waals surface area contributed by atoms with Crippen molar-refractivity contribution in [1.29, 1.82) is 0 Å². The Morgan fingerprint density at radius 2 is 2.25 bits per heavy atom. The number of hydrogen-bond acceptors (Lipinski definition) is 7. The molecular weight excluding hydrogens is 422 g/mol. The van der Waals surface area contributed by atoms with Gasteiger partial charge in [-0.2, -0.15) is 5.10 Å². The topological polar surface area (TPSA) is 103 Å². The van der Waals surface area contributed by atoms with Gasteiger partial charge in [-0.15, -0.1) is 11.3 Å². The lowest BCUT2D eigenvalue weighted by atomic mass is 10.2. The van der Waals surface area contributed by atoms with E-state index in [2.05, 4.69) is 40.3 Å². The van der Waals surface area contributed by atoms with Crippen molar-refractivity contribution in [3.63, 3.8) is 0 Å². The maximum atomic E-state index is 12.0. The first kappa shape index (κ1) is 20.2. The molecule has 1 aliphatic heterocycles. The molecule has 0 spiro atoms. The number of anilines is 1. The highest BCUT2D eigenvalue weighted by Gasteiger charge is 2.29. The second kappa shape index (κ2) is 8.05. The molecule has 1 aliphatic rings. The Kier molecular flexibility index (Phi) is 5.07. The van der Waals surface area contributed by atoms with E-state index >= 15 is 0 Å². The summed E-state index contributed by atoms with van der Waals surface area (Å²) in [6, 6.07) is 6.02. The van der Waals surface area contributed by atoms with Crippen LogP contribution in [0.5, 0.6) is 0 Å². The number of aromatic nitrogens is 5. The Hall–Kier alpha value is -3.77. The molecule has 1 aromatic carbocycles. The van der Waals surface area contributed by atoms with Crippen LogP contribution >= 0.6 is 11.3 Å². The van der Waals surface area contributed by atoms with Crippen LogP contribution < -0.4 is 5.73 Å². The first-order chi connectivity index (χ1) is 15.6. The third kappa shape index (κ3) is 3.48. The molecule has 1 amide bonds. The van der Waals surface area contributed by atoms with Gasteiger partial charge in [-0.1, -0.05) is 19.4 Å². The Morgan fingerprint density at radius 1 is 1.38 bits per heavy atom. The number of likely N-dealkylation sites (tertiary alicyclic amines) is 1. The van der Waals surface area contributed by atoms with E-state index < -0.39 is 0 Å². The number of fused-ring (bicyclic) bond motifs is 2. The fourth-order valence-corrected chi connectivity index (χ4v) is 4.83. The molecule has 9 heteroatoms. The normalized spacial score (nSPS) is 15.8. The van der Waals surface area contributed by atoms with E-state index in [0.29, 0.717) is 35.6 Å². The van der Waals surface area contributed by atoms with Gasteiger partial charge in [-0.3, -0.25) is 4.79 Å². The van der Waals surface area contributed by atoms with Gasteiger partial charge in [0.1, 0.15) is 17.8 Å². The number of amides is 1. The summed E-state index contributed by atoms with van der Waals surface area (Å²) in [6.45, 7) is 6.86. The van der Waals surface area contributed by atoms with Crippen LogP contribution in [0.3, 0.4) is 0 Å². The fourth-order valence-electron chi connectivity index (χ4n) is 3.94. The maximum absolute atomic E-state index is 12.0. The van der Waals surface area contributed by atoms with Gasteiger partial charge in [0.15, 0.2) is 5.65 Å². The van der Waals surface area contributed by atoms with E-state index in [-0.39, 0.29) is 11.9 Å². The van der Waals surface area contributed by atoms with E-state index in [1.165, 1.54) is 12.4 Å². The van der Waals surface area contributed by atoms with Crippen LogP contribution in [0.15, 0.2) is 37.2 Å². The summed E-state index contributed by atoms with van der Waals surface area (Å²) in [6.07, 6.45) is 4.45. The van der Waals surface area contributed by atoms with Crippen LogP contribution in [-0.2, 0) is 11.2 Å². The predicted octanol–water partition coefficient (Wildman–Crippen LogP) is 2.94. The van der Waals surface area contributed by atoms with Crippen LogP contribution in [0.25, 0.3) is 21.3 Å². The third-order valence-electron chi connectivity index (χ3n) is 5.57. The summed E-state index contributed by atoms with van der Waals surface area (Å²) in [5.41, 5.74) is 9.13. The maximum Gasteiger partial charge on any atom is 0.246 e. The number of carbonyl (C=O) groups is 1. The van der Waals surface area contributed by atoms with Crippen LogP contribution in [0.2, 0.25) is 0 Å². The lowest BCUT2D eigenvalue weighted by molar-refractivity contribution is -0.125. The molecule has 0 bridgehead atoms. The number of rotatable bonds is 3. The summed E-state index contributed by atoms with van der Waals surface area (Å²) >= 11 is 1.70. The average molecular weight is 444 g/mol. The zero-order valence-corrected chi connectivity index (χ0v) is 18.4. The van der Waals surface area contributed by atoms with Crippen LogP contribution in [0, 0.1) is 11.8 Å². The van der Waals surface area contributed by atoms with Crippen LogP contribution in [0.1, 0.15) is 35.7 Å². The van der Waals surface area contributed by atoms with E-state index in [9.17, 15) is 4.79 Å². The largest absolute Gasteiger partial charge is 0.383 e. The number of thiazole rings is 1. The molecule has 32 heavy (non-hydrogen) atoms. The third-order valence-corrected chi connectivity index (χ3v) is 6.75. The zero-order valence-electron chi connectivity index (χ0n) is 17.6. The highest BCUT2D eigenvalue weighted by Crippen LogP contribution is 2.28. The van der Waals surface area contributed by atoms with E-state index in [1.807, 2.05) is 22.9 Å². The molecule has 0 radical (unpaired) electrons. The quantitative estimate of drug-likeness (QED) is 0.386. The zero-order chi connectivity index (χ0) is 22.2. The molecular formula is C23H21N7OS. The van der Waals surface area contributed by atoms with Gasteiger partial charge in [0.05, 0.1) is 26.7 Å². The Balaban J connectivity index is 1.53. The monoisotopic (exact) mass is 443 g/mol. The van der Waals surface area contributed by atoms with E-state index in [0.717, 1.165) is 33.6 Å². The van der Waals surface area contributed by atoms with Crippen molar-refractivity contribution in [2.24, 2.45) is 0 Å². The second-order valence-corrected chi connectivity index (χ2v) is 8.69. The van der Waals surface area contributed by atoms with Gasteiger partial charge >= 0.3 is 0 Å². The molecule has 160 valence electrons. The molecule has 4 heterocycles. The number of nitrogens with zero attached hydrogens (tertiary/aromatic N) is 6. The highest BCUT2D eigenvalue weighted by molar-refractivity contribution is 7.18. The van der Waals surface area contributed by atoms with Crippen molar-refractivity contribution in [2.45, 2.75) is 25.8 Å². The minimum atomic E-state index is -0.0817. The van der Waals surface area contributed by atoms with Crippen molar-refractivity contribution < 1.29 is 4.79 Å². The summed E-state index contributed by atoms with van der Waals surface area (Å²) in [7, 11) is 0. The van der Waals surface area contributed by atoms with Crippen LogP contribution in [-0.4, -0.2) is 48.6 Å². The summed E-state index contributed by atoms with van der Waals surface area (Å²) < 4.78 is 2.98. The predicted molar refractivity (Wildman–Crippen MR) is 125 cm³/mol. The van der Waals surface area contributed by atoms with Gasteiger partial charge in [0, 0.05) is 18.7 Å². The molecule has 1 unspecified atom stereocenters. The molecule has 5 rings (SSSR count). The summed E-state index contributed by atoms with van der Waals surface area (Å²) in [5.74, 6) is 6.60. The lowest BCUT2D eigenvalue weighted by Gasteiger charge is -2.14. The summed E-state index contributed by atoms with van der Waals surface area (Å²) in [5, 5.41) is 6.48. The van der Waals surface area contributed by atoms with E-state index in [4.69, 9.17) is 10.8 Å². The molecule has 1 fully saturated rings. The first-order valence-corrected chi connectivity index (χ1v) is 11.2. The van der Waals surface area contributed by atoms with Crippen molar-refractivity contribution >= 4 is 44.3 Å². The second-order valence-electron chi connectivity index (χ2n) is 7.58. The number of nitrogens with two attached hydrogens (primary N) is 1. The van der Waals surface area contributed by atoms with Crippen molar-refractivity contribution in [3.05, 3.63) is 53.4 Å².